The number of imidazole rings is 1. The summed E-state index contributed by atoms with van der Waals surface area (Å²) < 4.78 is 5.87. The topological polar surface area (TPSA) is 37.9 Å². The summed E-state index contributed by atoms with van der Waals surface area (Å²) in [5.41, 5.74) is 1.85. The van der Waals surface area contributed by atoms with Crippen LogP contribution in [0.2, 0.25) is 5.02 Å². The van der Waals surface area contributed by atoms with E-state index in [9.17, 15) is 0 Å². The van der Waals surface area contributed by atoms with Gasteiger partial charge in [-0.1, -0.05) is 24.6 Å². The molecule has 1 aromatic carbocycles. The molecule has 0 bridgehead atoms. The minimum absolute atomic E-state index is 0.189. The molecule has 18 heavy (non-hydrogen) atoms. The second-order valence-corrected chi connectivity index (χ2v) is 5.60. The fourth-order valence-electron chi connectivity index (χ4n) is 2.91. The first-order valence-electron chi connectivity index (χ1n) is 6.37. The zero-order chi connectivity index (χ0) is 12.9. The predicted molar refractivity (Wildman–Crippen MR) is 73.0 cm³/mol. The van der Waals surface area contributed by atoms with E-state index < -0.39 is 0 Å². The van der Waals surface area contributed by atoms with Gasteiger partial charge in [0.2, 0.25) is 0 Å². The smallest absolute Gasteiger partial charge is 0.113 e. The summed E-state index contributed by atoms with van der Waals surface area (Å²) in [6.07, 6.45) is 0.461. The Morgan fingerprint density at radius 2 is 2.00 bits per heavy atom. The molecule has 3 nitrogen and oxygen atoms in total. The number of aromatic amines is 1. The molecule has 1 aliphatic rings. The van der Waals surface area contributed by atoms with Gasteiger partial charge in [-0.3, -0.25) is 0 Å². The molecular weight excluding hydrogens is 248 g/mol. The highest BCUT2D eigenvalue weighted by molar-refractivity contribution is 6.34. The van der Waals surface area contributed by atoms with Crippen LogP contribution in [-0.4, -0.2) is 22.2 Å². The minimum Gasteiger partial charge on any atom is -0.374 e. The summed E-state index contributed by atoms with van der Waals surface area (Å²) in [5.74, 6) is 1.75. The van der Waals surface area contributed by atoms with Crippen LogP contribution in [-0.2, 0) is 4.74 Å². The van der Waals surface area contributed by atoms with Crippen LogP contribution in [0, 0.1) is 5.92 Å². The first-order chi connectivity index (χ1) is 8.58. The van der Waals surface area contributed by atoms with Crippen LogP contribution in [0.1, 0.15) is 32.5 Å². The van der Waals surface area contributed by atoms with Crippen molar-refractivity contribution in [1.82, 2.24) is 9.97 Å². The van der Waals surface area contributed by atoms with Crippen molar-refractivity contribution in [2.45, 2.75) is 38.9 Å². The first-order valence-corrected chi connectivity index (χ1v) is 6.75. The normalized spacial score (nSPS) is 32.2. The number of para-hydroxylation sites is 1. The number of hydrogen-bond acceptors (Lipinski definition) is 2. The molecule has 0 radical (unpaired) electrons. The second kappa shape index (κ2) is 4.25. The zero-order valence-electron chi connectivity index (χ0n) is 10.8. The fourth-order valence-corrected chi connectivity index (χ4v) is 3.13. The molecule has 2 aromatic rings. The number of halogens is 1. The highest BCUT2D eigenvalue weighted by Gasteiger charge is 2.39. The molecule has 3 rings (SSSR count). The summed E-state index contributed by atoms with van der Waals surface area (Å²) in [5, 5.41) is 0.697. The molecule has 1 fully saturated rings. The average molecular weight is 265 g/mol. The van der Waals surface area contributed by atoms with Gasteiger partial charge < -0.3 is 9.72 Å². The molecule has 4 unspecified atom stereocenters. The Morgan fingerprint density at radius 1 is 1.22 bits per heavy atom. The van der Waals surface area contributed by atoms with Crippen LogP contribution >= 0.6 is 11.6 Å². The van der Waals surface area contributed by atoms with Gasteiger partial charge in [-0.15, -0.1) is 0 Å². The molecule has 1 N–H and O–H groups in total. The van der Waals surface area contributed by atoms with Gasteiger partial charge in [0.05, 0.1) is 22.7 Å². The lowest BCUT2D eigenvalue weighted by atomic mass is 9.89. The standard InChI is InChI=1S/C14H17ClN2O/c1-7-8(2)18-9(3)12(7)14-16-11-6-4-5-10(15)13(11)17-14/h4-9,12H,1-3H3,(H,16,17). The molecule has 0 saturated carbocycles. The third kappa shape index (κ3) is 1.73. The maximum absolute atomic E-state index is 6.16. The Balaban J connectivity index is 2.07. The summed E-state index contributed by atoms with van der Waals surface area (Å²) in [4.78, 5) is 8.05. The molecule has 2 heterocycles. The van der Waals surface area contributed by atoms with Crippen molar-refractivity contribution in [2.75, 3.05) is 0 Å². The Kier molecular flexibility index (Phi) is 2.83. The van der Waals surface area contributed by atoms with Crippen LogP contribution in [0.5, 0.6) is 0 Å². The van der Waals surface area contributed by atoms with E-state index in [0.29, 0.717) is 16.9 Å². The van der Waals surface area contributed by atoms with Gasteiger partial charge in [0.25, 0.3) is 0 Å². The van der Waals surface area contributed by atoms with E-state index in [4.69, 9.17) is 16.3 Å². The number of nitrogens with zero attached hydrogens (tertiary/aromatic N) is 1. The monoisotopic (exact) mass is 264 g/mol. The molecule has 96 valence electrons. The van der Waals surface area contributed by atoms with Crippen molar-refractivity contribution < 1.29 is 4.74 Å². The molecule has 0 spiro atoms. The Labute approximate surface area is 112 Å². The molecule has 4 atom stereocenters. The Hall–Kier alpha value is -1.06. The number of hydrogen-bond donors (Lipinski definition) is 1. The van der Waals surface area contributed by atoms with Gasteiger partial charge in [-0.05, 0) is 31.9 Å². The quantitative estimate of drug-likeness (QED) is 0.852. The van der Waals surface area contributed by atoms with Crippen molar-refractivity contribution in [3.63, 3.8) is 0 Å². The van der Waals surface area contributed by atoms with E-state index in [2.05, 4.69) is 30.7 Å². The molecule has 1 aliphatic heterocycles. The molecular formula is C14H17ClN2O. The van der Waals surface area contributed by atoms with Gasteiger partial charge in [0.15, 0.2) is 0 Å². The van der Waals surface area contributed by atoms with Gasteiger partial charge in [-0.2, -0.15) is 0 Å². The number of nitrogens with one attached hydrogen (secondary N) is 1. The van der Waals surface area contributed by atoms with Crippen LogP contribution in [0.25, 0.3) is 11.0 Å². The van der Waals surface area contributed by atoms with Crippen molar-refractivity contribution in [2.24, 2.45) is 5.92 Å². The largest absolute Gasteiger partial charge is 0.374 e. The van der Waals surface area contributed by atoms with Gasteiger partial charge in [0.1, 0.15) is 11.3 Å². The van der Waals surface area contributed by atoms with E-state index in [1.807, 2.05) is 18.2 Å². The van der Waals surface area contributed by atoms with Crippen molar-refractivity contribution >= 4 is 22.6 Å². The van der Waals surface area contributed by atoms with E-state index in [-0.39, 0.29) is 12.2 Å². The van der Waals surface area contributed by atoms with Crippen molar-refractivity contribution in [3.05, 3.63) is 29.0 Å². The zero-order valence-corrected chi connectivity index (χ0v) is 11.5. The maximum Gasteiger partial charge on any atom is 0.113 e. The number of rotatable bonds is 1. The SMILES string of the molecule is CC1OC(C)C(c2nc3c(Cl)cccc3[nH]2)C1C. The highest BCUT2D eigenvalue weighted by Crippen LogP contribution is 2.39. The summed E-state index contributed by atoms with van der Waals surface area (Å²) in [7, 11) is 0. The summed E-state index contributed by atoms with van der Waals surface area (Å²) >= 11 is 6.16. The van der Waals surface area contributed by atoms with Crippen LogP contribution in [0.15, 0.2) is 18.2 Å². The Morgan fingerprint density at radius 3 is 2.61 bits per heavy atom. The third-order valence-electron chi connectivity index (χ3n) is 4.04. The molecule has 4 heteroatoms. The second-order valence-electron chi connectivity index (χ2n) is 5.19. The highest BCUT2D eigenvalue weighted by atomic mass is 35.5. The van der Waals surface area contributed by atoms with Crippen molar-refractivity contribution in [3.8, 4) is 0 Å². The van der Waals surface area contributed by atoms with Crippen LogP contribution in [0.4, 0.5) is 0 Å². The lowest BCUT2D eigenvalue weighted by Gasteiger charge is -2.15. The number of benzene rings is 1. The third-order valence-corrected chi connectivity index (χ3v) is 4.34. The van der Waals surface area contributed by atoms with Gasteiger partial charge in [0, 0.05) is 5.92 Å². The summed E-state index contributed by atoms with van der Waals surface area (Å²) in [6.45, 7) is 6.45. The first kappa shape index (κ1) is 12.0. The summed E-state index contributed by atoms with van der Waals surface area (Å²) in [6, 6.07) is 5.81. The maximum atomic E-state index is 6.16. The molecule has 0 aliphatic carbocycles. The minimum atomic E-state index is 0.189. The fraction of sp³-hybridized carbons (Fsp3) is 0.500. The van der Waals surface area contributed by atoms with Gasteiger partial charge >= 0.3 is 0 Å². The average Bonchev–Trinajstić information content (AvgIpc) is 2.83. The van der Waals surface area contributed by atoms with Gasteiger partial charge in [-0.25, -0.2) is 4.98 Å². The van der Waals surface area contributed by atoms with Crippen molar-refractivity contribution in [1.29, 1.82) is 0 Å². The lowest BCUT2D eigenvalue weighted by Crippen LogP contribution is -2.16. The van der Waals surface area contributed by atoms with E-state index in [1.54, 1.807) is 0 Å². The van der Waals surface area contributed by atoms with Crippen LogP contribution < -0.4 is 0 Å². The molecule has 0 amide bonds. The lowest BCUT2D eigenvalue weighted by molar-refractivity contribution is 0.0554. The van der Waals surface area contributed by atoms with E-state index in [1.165, 1.54) is 0 Å². The molecule has 1 saturated heterocycles. The van der Waals surface area contributed by atoms with Crippen LogP contribution in [0.3, 0.4) is 0 Å². The number of H-pyrrole nitrogens is 1. The molecule has 1 aromatic heterocycles. The number of fused-ring (bicyclic) bond motifs is 1. The number of aromatic nitrogens is 2. The Bertz CT molecular complexity index is 580. The van der Waals surface area contributed by atoms with E-state index in [0.717, 1.165) is 16.9 Å². The van der Waals surface area contributed by atoms with E-state index >= 15 is 0 Å². The number of ether oxygens (including phenoxy) is 1. The predicted octanol–water partition coefficient (Wildman–Crippen LogP) is 3.74.